The van der Waals surface area contributed by atoms with Gasteiger partial charge in [0, 0.05) is 30.5 Å². The van der Waals surface area contributed by atoms with E-state index < -0.39 is 0 Å². The second kappa shape index (κ2) is 11.2. The van der Waals surface area contributed by atoms with Crippen LogP contribution in [0, 0.1) is 6.92 Å². The van der Waals surface area contributed by atoms with Crippen LogP contribution >= 0.6 is 0 Å². The van der Waals surface area contributed by atoms with Crippen molar-refractivity contribution in [3.8, 4) is 5.75 Å². The van der Waals surface area contributed by atoms with E-state index in [2.05, 4.69) is 35.6 Å². The van der Waals surface area contributed by atoms with Crippen LogP contribution in [0.4, 0.5) is 17.5 Å². The standard InChI is InChI=1S/C26H32N8O2/c1-17-15-19(36-14-6-5-9-21(35)23-27-12-13-28-23)10-11-20(17)32-26-33-24-22(29-16-30-24)25(34-26)31-18-7-3-2-4-8-18/h10-13,15-16,18H,2-9,14H2,1H3,(H,27,28)(H3,29,30,31,32,33,34). The molecule has 1 aromatic carbocycles. The summed E-state index contributed by atoms with van der Waals surface area (Å²) in [4.78, 5) is 35.7. The second-order valence-electron chi connectivity index (χ2n) is 9.24. The van der Waals surface area contributed by atoms with Crippen LogP contribution in [0.15, 0.2) is 36.9 Å². The molecule has 3 aromatic heterocycles. The zero-order valence-electron chi connectivity index (χ0n) is 20.5. The highest BCUT2D eigenvalue weighted by Crippen LogP contribution is 2.28. The number of Topliss-reactive ketones (excluding diaryl/α,β-unsaturated/α-hetero) is 1. The summed E-state index contributed by atoms with van der Waals surface area (Å²) in [6.07, 6.45) is 13.0. The van der Waals surface area contributed by atoms with Crippen molar-refractivity contribution in [3.05, 3.63) is 48.3 Å². The average Bonchev–Trinajstić information content (AvgIpc) is 3.59. The molecule has 4 aromatic rings. The van der Waals surface area contributed by atoms with Crippen LogP contribution in [0.25, 0.3) is 11.2 Å². The van der Waals surface area contributed by atoms with Crippen LogP contribution in [0.1, 0.15) is 67.5 Å². The van der Waals surface area contributed by atoms with Gasteiger partial charge < -0.3 is 25.3 Å². The summed E-state index contributed by atoms with van der Waals surface area (Å²) < 4.78 is 5.90. The molecule has 0 unspecified atom stereocenters. The minimum absolute atomic E-state index is 0.0265. The first kappa shape index (κ1) is 23.8. The summed E-state index contributed by atoms with van der Waals surface area (Å²) in [5, 5.41) is 6.94. The highest BCUT2D eigenvalue weighted by Gasteiger charge is 2.17. The number of unbranched alkanes of at least 4 members (excludes halogenated alkanes) is 1. The van der Waals surface area contributed by atoms with Crippen LogP contribution < -0.4 is 15.4 Å². The first-order valence-corrected chi connectivity index (χ1v) is 12.7. The van der Waals surface area contributed by atoms with Gasteiger partial charge in [0.2, 0.25) is 5.95 Å². The molecule has 5 rings (SSSR count). The Bertz CT molecular complexity index is 1290. The smallest absolute Gasteiger partial charge is 0.231 e. The molecular formula is C26H32N8O2. The van der Waals surface area contributed by atoms with Crippen LogP contribution in [0.3, 0.4) is 0 Å². The maximum absolute atomic E-state index is 12.0. The number of H-pyrrole nitrogens is 2. The van der Waals surface area contributed by atoms with Gasteiger partial charge in [0.05, 0.1) is 12.9 Å². The number of hydrogen-bond donors (Lipinski definition) is 4. The molecule has 3 heterocycles. The topological polar surface area (TPSA) is 134 Å². The number of aromatic amines is 2. The van der Waals surface area contributed by atoms with Crippen LogP contribution in [0.2, 0.25) is 0 Å². The number of ketones is 1. The van der Waals surface area contributed by atoms with Gasteiger partial charge in [-0.25, -0.2) is 9.97 Å². The lowest BCUT2D eigenvalue weighted by Crippen LogP contribution is -2.23. The van der Waals surface area contributed by atoms with E-state index >= 15 is 0 Å². The zero-order valence-corrected chi connectivity index (χ0v) is 20.5. The molecular weight excluding hydrogens is 456 g/mol. The Hall–Kier alpha value is -3.95. The van der Waals surface area contributed by atoms with Gasteiger partial charge in [-0.2, -0.15) is 9.97 Å². The molecule has 0 saturated heterocycles. The van der Waals surface area contributed by atoms with Crippen molar-refractivity contribution in [2.45, 2.75) is 64.3 Å². The molecule has 0 aliphatic heterocycles. The molecule has 0 amide bonds. The lowest BCUT2D eigenvalue weighted by Gasteiger charge is -2.23. The van der Waals surface area contributed by atoms with Crippen LogP contribution in [-0.2, 0) is 0 Å². The van der Waals surface area contributed by atoms with E-state index in [0.29, 0.717) is 36.5 Å². The molecule has 1 saturated carbocycles. The van der Waals surface area contributed by atoms with Crippen LogP contribution in [-0.4, -0.2) is 48.3 Å². The minimum atomic E-state index is 0.0265. The molecule has 1 fully saturated rings. The predicted octanol–water partition coefficient (Wildman–Crippen LogP) is 5.30. The molecule has 0 bridgehead atoms. The average molecular weight is 489 g/mol. The Kier molecular flexibility index (Phi) is 7.39. The van der Waals surface area contributed by atoms with Gasteiger partial charge >= 0.3 is 0 Å². The highest BCUT2D eigenvalue weighted by molar-refractivity contribution is 5.92. The molecule has 10 nitrogen and oxygen atoms in total. The number of ether oxygens (including phenoxy) is 1. The monoisotopic (exact) mass is 488 g/mol. The number of nitrogens with one attached hydrogen (secondary N) is 4. The van der Waals surface area contributed by atoms with Gasteiger partial charge in [-0.1, -0.05) is 19.3 Å². The predicted molar refractivity (Wildman–Crippen MR) is 139 cm³/mol. The summed E-state index contributed by atoms with van der Waals surface area (Å²) in [7, 11) is 0. The number of aromatic nitrogens is 6. The first-order chi connectivity index (χ1) is 17.7. The fourth-order valence-corrected chi connectivity index (χ4v) is 4.53. The largest absolute Gasteiger partial charge is 0.494 e. The minimum Gasteiger partial charge on any atom is -0.494 e. The maximum atomic E-state index is 12.0. The fourth-order valence-electron chi connectivity index (χ4n) is 4.53. The molecule has 4 N–H and O–H groups in total. The van der Waals surface area contributed by atoms with E-state index in [4.69, 9.17) is 9.72 Å². The summed E-state index contributed by atoms with van der Waals surface area (Å²) in [5.41, 5.74) is 3.39. The van der Waals surface area contributed by atoms with Crippen molar-refractivity contribution in [1.29, 1.82) is 0 Å². The maximum Gasteiger partial charge on any atom is 0.231 e. The van der Waals surface area contributed by atoms with Crippen LogP contribution in [0.5, 0.6) is 5.75 Å². The number of anilines is 3. The van der Waals surface area contributed by atoms with Gasteiger partial charge in [0.15, 0.2) is 23.1 Å². The number of carbonyl (C=O) groups is 1. The Morgan fingerprint density at radius 3 is 2.81 bits per heavy atom. The normalized spacial score (nSPS) is 14.1. The van der Waals surface area contributed by atoms with Gasteiger partial charge in [-0.15, -0.1) is 0 Å². The lowest BCUT2D eigenvalue weighted by molar-refractivity contribution is 0.0968. The van der Waals surface area contributed by atoms with Crippen molar-refractivity contribution >= 4 is 34.4 Å². The molecule has 0 spiro atoms. The molecule has 10 heteroatoms. The number of imidazole rings is 2. The van der Waals surface area contributed by atoms with E-state index in [1.54, 1.807) is 18.7 Å². The first-order valence-electron chi connectivity index (χ1n) is 12.7. The number of nitrogens with zero attached hydrogens (tertiary/aromatic N) is 4. The molecule has 0 radical (unpaired) electrons. The Morgan fingerprint density at radius 2 is 2.00 bits per heavy atom. The third-order valence-electron chi connectivity index (χ3n) is 6.51. The van der Waals surface area contributed by atoms with Crippen molar-refractivity contribution in [3.63, 3.8) is 0 Å². The van der Waals surface area contributed by atoms with E-state index in [9.17, 15) is 4.79 Å². The van der Waals surface area contributed by atoms with E-state index in [-0.39, 0.29) is 5.78 Å². The molecule has 1 aliphatic rings. The van der Waals surface area contributed by atoms with Gasteiger partial charge in [0.1, 0.15) is 11.3 Å². The van der Waals surface area contributed by atoms with Crippen molar-refractivity contribution in [1.82, 2.24) is 29.9 Å². The third kappa shape index (κ3) is 5.81. The summed E-state index contributed by atoms with van der Waals surface area (Å²) in [6.45, 7) is 2.57. The molecule has 36 heavy (non-hydrogen) atoms. The lowest BCUT2D eigenvalue weighted by atomic mass is 9.95. The third-order valence-corrected chi connectivity index (χ3v) is 6.51. The second-order valence-corrected chi connectivity index (χ2v) is 9.24. The van der Waals surface area contributed by atoms with Crippen molar-refractivity contribution < 1.29 is 9.53 Å². The fraction of sp³-hybridized carbons (Fsp3) is 0.423. The van der Waals surface area contributed by atoms with Gasteiger partial charge in [-0.05, 0) is 56.4 Å². The summed E-state index contributed by atoms with van der Waals surface area (Å²) in [5.74, 6) is 2.53. The SMILES string of the molecule is Cc1cc(OCCCCC(=O)c2ncc[nH]2)ccc1Nc1nc(NC2CCCCC2)c2[nH]cnc2n1. The number of aryl methyl sites for hydroxylation is 1. The zero-order chi connectivity index (χ0) is 24.7. The number of benzene rings is 1. The summed E-state index contributed by atoms with van der Waals surface area (Å²) >= 11 is 0. The Morgan fingerprint density at radius 1 is 1.11 bits per heavy atom. The van der Waals surface area contributed by atoms with E-state index in [1.165, 1.54) is 19.3 Å². The molecule has 0 atom stereocenters. The van der Waals surface area contributed by atoms with Crippen molar-refractivity contribution in [2.24, 2.45) is 0 Å². The van der Waals surface area contributed by atoms with Crippen molar-refractivity contribution in [2.75, 3.05) is 17.2 Å². The Balaban J connectivity index is 1.17. The number of carbonyl (C=O) groups excluding carboxylic acids is 1. The van der Waals surface area contributed by atoms with Gasteiger partial charge in [0.25, 0.3) is 0 Å². The van der Waals surface area contributed by atoms with Gasteiger partial charge in [-0.3, -0.25) is 4.79 Å². The highest BCUT2D eigenvalue weighted by atomic mass is 16.5. The van der Waals surface area contributed by atoms with E-state index in [0.717, 1.165) is 54.0 Å². The summed E-state index contributed by atoms with van der Waals surface area (Å²) in [6, 6.07) is 6.31. The number of fused-ring (bicyclic) bond motifs is 1. The number of hydrogen-bond acceptors (Lipinski definition) is 8. The quantitative estimate of drug-likeness (QED) is 0.165. The molecule has 188 valence electrons. The Labute approximate surface area is 209 Å². The van der Waals surface area contributed by atoms with E-state index in [1.807, 2.05) is 25.1 Å². The number of rotatable bonds is 11. The molecule has 1 aliphatic carbocycles.